The molecule has 1 aromatic carbocycles. The van der Waals surface area contributed by atoms with Crippen LogP contribution in [0.25, 0.3) is 11.1 Å². The summed E-state index contributed by atoms with van der Waals surface area (Å²) < 4.78 is 0. The topological polar surface area (TPSA) is 71.1 Å². The first kappa shape index (κ1) is 29.5. The Morgan fingerprint density at radius 2 is 1.19 bits per heavy atom. The molecule has 0 spiro atoms. The molecule has 3 rings (SSSR count). The van der Waals surface area contributed by atoms with E-state index in [-0.39, 0.29) is 5.97 Å². The lowest BCUT2D eigenvalue weighted by Gasteiger charge is -2.19. The van der Waals surface area contributed by atoms with Crippen LogP contribution in [0.5, 0.6) is 0 Å². The van der Waals surface area contributed by atoms with Crippen LogP contribution >= 0.6 is 0 Å². The molecule has 0 heterocycles. The number of rotatable bonds is 14. The van der Waals surface area contributed by atoms with Gasteiger partial charge in [0.05, 0.1) is 24.3 Å². The Hall–Kier alpha value is -2.70. The standard InChI is InChI=1S/C15H20O3.C15H22O3/c1-10(2)4-5-11(3)9-17-18-15(16)14-8-12-6-7-13(12)14;1-12(2)9-10-13(3)11-17-18-15(16)14-7-5-4-6-8-14/h6-8,10-11H,4-5,9H2,1-3H3;4-8,12-13H,9-11H2,1-3H3. The molecule has 2 atom stereocenters. The molecule has 6 heteroatoms. The maximum Gasteiger partial charge on any atom is 0.373 e. The van der Waals surface area contributed by atoms with Gasteiger partial charge in [0, 0.05) is 0 Å². The maximum atomic E-state index is 11.6. The fourth-order valence-electron chi connectivity index (χ4n) is 3.44. The molecule has 36 heavy (non-hydrogen) atoms. The van der Waals surface area contributed by atoms with Crippen LogP contribution in [0, 0.1) is 23.7 Å². The zero-order valence-corrected chi connectivity index (χ0v) is 22.6. The van der Waals surface area contributed by atoms with Crippen LogP contribution in [-0.2, 0) is 19.6 Å². The highest BCUT2D eigenvalue weighted by Gasteiger charge is 2.24. The Morgan fingerprint density at radius 3 is 1.61 bits per heavy atom. The third-order valence-electron chi connectivity index (χ3n) is 6.01. The van der Waals surface area contributed by atoms with E-state index < -0.39 is 5.97 Å². The molecule has 2 unspecified atom stereocenters. The van der Waals surface area contributed by atoms with Crippen LogP contribution in [0.4, 0.5) is 0 Å². The molecule has 0 amide bonds. The summed E-state index contributed by atoms with van der Waals surface area (Å²) in [5.41, 5.74) is 3.26. The van der Waals surface area contributed by atoms with Crippen LogP contribution in [-0.4, -0.2) is 25.2 Å². The van der Waals surface area contributed by atoms with Crippen LogP contribution < -0.4 is 0 Å². The van der Waals surface area contributed by atoms with Gasteiger partial charge in [-0.2, -0.15) is 9.78 Å². The second-order valence-electron chi connectivity index (χ2n) is 10.6. The Labute approximate surface area is 216 Å². The molecule has 0 aliphatic heterocycles. The number of carbonyl (C=O) groups excluding carboxylic acids is 2. The lowest BCUT2D eigenvalue weighted by Crippen LogP contribution is -2.15. The van der Waals surface area contributed by atoms with Gasteiger partial charge in [-0.1, -0.05) is 84.7 Å². The highest BCUT2D eigenvalue weighted by Crippen LogP contribution is 2.36. The van der Waals surface area contributed by atoms with Crippen LogP contribution in [0.3, 0.4) is 0 Å². The van der Waals surface area contributed by atoms with Crippen LogP contribution in [0.15, 0.2) is 48.5 Å². The van der Waals surface area contributed by atoms with E-state index in [2.05, 4.69) is 41.5 Å². The van der Waals surface area contributed by atoms with Gasteiger partial charge in [-0.3, -0.25) is 9.78 Å². The molecule has 0 N–H and O–H groups in total. The van der Waals surface area contributed by atoms with Crippen molar-refractivity contribution in [3.63, 3.8) is 0 Å². The third kappa shape index (κ3) is 10.5. The zero-order chi connectivity index (χ0) is 26.5. The zero-order valence-electron chi connectivity index (χ0n) is 22.6. The summed E-state index contributed by atoms with van der Waals surface area (Å²) in [5, 5.41) is 0. The van der Waals surface area contributed by atoms with Crippen molar-refractivity contribution < 1.29 is 29.1 Å². The predicted octanol–water partition coefficient (Wildman–Crippen LogP) is 7.68. The number of carbonyl (C=O) groups is 2. The minimum atomic E-state index is -0.438. The Morgan fingerprint density at radius 1 is 0.667 bits per heavy atom. The lowest BCUT2D eigenvalue weighted by molar-refractivity contribution is -0.248. The molecule has 0 aromatic heterocycles. The van der Waals surface area contributed by atoms with Crippen molar-refractivity contribution >= 4 is 11.9 Å². The average molecular weight is 499 g/mol. The van der Waals surface area contributed by atoms with Crippen molar-refractivity contribution in [3.05, 3.63) is 59.7 Å². The molecule has 0 saturated heterocycles. The number of fused-ring (bicyclic) bond motifs is 1. The summed E-state index contributed by atoms with van der Waals surface area (Å²) in [5.74, 6) is 1.39. The minimum Gasteiger partial charge on any atom is -0.293 e. The number of benzene rings is 2. The number of hydrogen-bond donors (Lipinski definition) is 0. The van der Waals surface area contributed by atoms with Crippen molar-refractivity contribution in [1.82, 2.24) is 0 Å². The van der Waals surface area contributed by atoms with Gasteiger partial charge in [0.25, 0.3) is 0 Å². The first-order chi connectivity index (χ1) is 17.2. The molecule has 0 saturated carbocycles. The SMILES string of the molecule is CC(C)CCC(C)COOC(=O)c1cc2ccc1-2.CC(C)CCC(C)COOC(=O)c1ccccc1. The van der Waals surface area contributed by atoms with Crippen LogP contribution in [0.1, 0.15) is 87.9 Å². The van der Waals surface area contributed by atoms with E-state index in [0.717, 1.165) is 30.4 Å². The smallest absolute Gasteiger partial charge is 0.293 e. The van der Waals surface area contributed by atoms with E-state index in [1.165, 1.54) is 6.42 Å². The number of hydrogen-bond acceptors (Lipinski definition) is 6. The van der Waals surface area contributed by atoms with E-state index in [1.54, 1.807) is 24.3 Å². The van der Waals surface area contributed by atoms with Gasteiger partial charge >= 0.3 is 11.9 Å². The summed E-state index contributed by atoms with van der Waals surface area (Å²) in [7, 11) is 0. The van der Waals surface area contributed by atoms with Gasteiger partial charge in [-0.25, -0.2) is 9.59 Å². The van der Waals surface area contributed by atoms with Gasteiger partial charge in [-0.05, 0) is 65.8 Å². The molecular formula is C30H42O6. The van der Waals surface area contributed by atoms with Crippen molar-refractivity contribution in [1.29, 1.82) is 0 Å². The van der Waals surface area contributed by atoms with Crippen molar-refractivity contribution in [2.75, 3.05) is 13.2 Å². The van der Waals surface area contributed by atoms with E-state index in [1.807, 2.05) is 24.3 Å². The predicted molar refractivity (Wildman–Crippen MR) is 141 cm³/mol. The monoisotopic (exact) mass is 498 g/mol. The molecule has 2 aliphatic carbocycles. The minimum absolute atomic E-state index is 0.380. The second kappa shape index (κ2) is 15.4. The Kier molecular flexibility index (Phi) is 12.6. The molecule has 0 fully saturated rings. The molecule has 198 valence electrons. The maximum absolute atomic E-state index is 11.6. The summed E-state index contributed by atoms with van der Waals surface area (Å²) in [6.45, 7) is 13.9. The molecule has 6 nitrogen and oxygen atoms in total. The van der Waals surface area contributed by atoms with Gasteiger partial charge in [0.2, 0.25) is 0 Å². The lowest BCUT2D eigenvalue weighted by atomic mass is 9.87. The summed E-state index contributed by atoms with van der Waals surface area (Å²) >= 11 is 0. The second-order valence-corrected chi connectivity index (χ2v) is 10.6. The van der Waals surface area contributed by atoms with Gasteiger partial charge in [-0.15, -0.1) is 0 Å². The molecule has 0 bridgehead atoms. The summed E-state index contributed by atoms with van der Waals surface area (Å²) in [6, 6.07) is 14.6. The van der Waals surface area contributed by atoms with Crippen molar-refractivity contribution in [2.24, 2.45) is 23.7 Å². The fraction of sp³-hybridized carbons (Fsp3) is 0.533. The molecular weight excluding hydrogens is 456 g/mol. The first-order valence-electron chi connectivity index (χ1n) is 13.0. The average Bonchev–Trinajstić information content (AvgIpc) is 2.83. The van der Waals surface area contributed by atoms with Crippen molar-refractivity contribution in [2.45, 2.75) is 67.2 Å². The Bertz CT molecular complexity index is 898. The van der Waals surface area contributed by atoms with E-state index in [4.69, 9.17) is 19.6 Å². The van der Waals surface area contributed by atoms with Crippen molar-refractivity contribution in [3.8, 4) is 11.1 Å². The fourth-order valence-corrected chi connectivity index (χ4v) is 3.44. The molecule has 2 aliphatic rings. The Balaban J connectivity index is 0.000000254. The van der Waals surface area contributed by atoms with E-state index >= 15 is 0 Å². The summed E-state index contributed by atoms with van der Waals surface area (Å²) in [4.78, 5) is 42.7. The van der Waals surface area contributed by atoms with E-state index in [0.29, 0.717) is 48.0 Å². The van der Waals surface area contributed by atoms with Gasteiger partial charge in [0.15, 0.2) is 0 Å². The first-order valence-corrected chi connectivity index (χ1v) is 13.0. The molecule has 0 radical (unpaired) electrons. The van der Waals surface area contributed by atoms with Crippen LogP contribution in [0.2, 0.25) is 0 Å². The quantitative estimate of drug-likeness (QED) is 0.168. The highest BCUT2D eigenvalue weighted by atomic mass is 17.2. The van der Waals surface area contributed by atoms with Gasteiger partial charge < -0.3 is 0 Å². The van der Waals surface area contributed by atoms with E-state index in [9.17, 15) is 9.59 Å². The molecule has 1 aromatic rings. The largest absolute Gasteiger partial charge is 0.373 e. The highest BCUT2D eigenvalue weighted by molar-refractivity contribution is 6.04. The normalized spacial score (nSPS) is 13.0. The summed E-state index contributed by atoms with van der Waals surface area (Å²) in [6.07, 6.45) is 4.51. The van der Waals surface area contributed by atoms with Gasteiger partial charge in [0.1, 0.15) is 0 Å². The third-order valence-corrected chi connectivity index (χ3v) is 6.01.